The number of hydrogen-bond donors (Lipinski definition) is 2. The number of carbonyl (C=O) groups is 2. The van der Waals surface area contributed by atoms with Gasteiger partial charge in [0, 0.05) is 5.56 Å². The van der Waals surface area contributed by atoms with Crippen LogP contribution >= 0.6 is 0 Å². The van der Waals surface area contributed by atoms with Crippen LogP contribution in [0.2, 0.25) is 0 Å². The Kier molecular flexibility index (Phi) is 7.34. The number of rotatable bonds is 10. The molecule has 1 heterocycles. The minimum atomic E-state index is -1.27. The number of aromatic carboxylic acids is 2. The Morgan fingerprint density at radius 2 is 1.63 bits per heavy atom. The maximum absolute atomic E-state index is 11.3. The van der Waals surface area contributed by atoms with Crippen molar-refractivity contribution < 1.29 is 24.5 Å². The summed E-state index contributed by atoms with van der Waals surface area (Å²) in [5.74, 6) is -1.93. The summed E-state index contributed by atoms with van der Waals surface area (Å²) in [5, 5.41) is 18.5. The number of unbranched alkanes of at least 4 members (excludes halogenated alkanes) is 1. The number of nitrogens with zero attached hydrogens (tertiary/aromatic N) is 1. The van der Waals surface area contributed by atoms with E-state index in [4.69, 9.17) is 4.74 Å². The maximum atomic E-state index is 11.3. The van der Waals surface area contributed by atoms with E-state index in [-0.39, 0.29) is 17.5 Å². The monoisotopic (exact) mass is 371 g/mol. The third-order valence-electron chi connectivity index (χ3n) is 4.25. The van der Waals surface area contributed by atoms with Gasteiger partial charge in [-0.05, 0) is 36.6 Å². The molecule has 2 aromatic rings. The lowest BCUT2D eigenvalue weighted by molar-refractivity contribution is 0.0685. The Bertz CT molecular complexity index is 771. The third-order valence-corrected chi connectivity index (χ3v) is 4.25. The molecule has 1 aromatic carbocycles. The molecule has 0 spiro atoms. The van der Waals surface area contributed by atoms with Gasteiger partial charge in [0.25, 0.3) is 0 Å². The quantitative estimate of drug-likeness (QED) is 0.618. The van der Waals surface area contributed by atoms with E-state index in [9.17, 15) is 19.8 Å². The van der Waals surface area contributed by atoms with Gasteiger partial charge >= 0.3 is 11.9 Å². The highest BCUT2D eigenvalue weighted by molar-refractivity contribution is 5.92. The molecule has 0 radical (unpaired) electrons. The summed E-state index contributed by atoms with van der Waals surface area (Å²) >= 11 is 0. The molecule has 0 bridgehead atoms. The molecular formula is C21H25NO5. The molecule has 1 unspecified atom stereocenters. The second kappa shape index (κ2) is 9.71. The summed E-state index contributed by atoms with van der Waals surface area (Å²) in [5.41, 5.74) is 0.496. The van der Waals surface area contributed by atoms with Gasteiger partial charge in [-0.3, -0.25) is 0 Å². The van der Waals surface area contributed by atoms with Gasteiger partial charge in [-0.2, -0.15) is 0 Å². The molecule has 1 aromatic heterocycles. The van der Waals surface area contributed by atoms with Crippen LogP contribution in [0.15, 0.2) is 36.4 Å². The van der Waals surface area contributed by atoms with Gasteiger partial charge < -0.3 is 14.9 Å². The van der Waals surface area contributed by atoms with Gasteiger partial charge in [-0.1, -0.05) is 51.3 Å². The van der Waals surface area contributed by atoms with Crippen molar-refractivity contribution in [2.75, 3.05) is 0 Å². The van der Waals surface area contributed by atoms with Gasteiger partial charge in [0.15, 0.2) is 0 Å². The number of carboxylic acid groups (broad SMARTS) is 2. The summed E-state index contributed by atoms with van der Waals surface area (Å²) in [6.07, 6.45) is 5.07. The first-order chi connectivity index (χ1) is 13.0. The van der Waals surface area contributed by atoms with Crippen molar-refractivity contribution in [3.63, 3.8) is 0 Å². The van der Waals surface area contributed by atoms with Crippen molar-refractivity contribution in [1.29, 1.82) is 0 Å². The van der Waals surface area contributed by atoms with E-state index < -0.39 is 11.9 Å². The Hall–Kier alpha value is -2.89. The van der Waals surface area contributed by atoms with Crippen LogP contribution < -0.4 is 4.74 Å². The number of ether oxygens (including phenoxy) is 1. The number of pyridine rings is 1. The van der Waals surface area contributed by atoms with E-state index in [1.807, 2.05) is 18.2 Å². The number of benzene rings is 1. The van der Waals surface area contributed by atoms with E-state index >= 15 is 0 Å². The fourth-order valence-electron chi connectivity index (χ4n) is 2.91. The average Bonchev–Trinajstić information content (AvgIpc) is 2.66. The molecule has 0 aliphatic carbocycles. The number of hydrogen-bond acceptors (Lipinski definition) is 4. The maximum Gasteiger partial charge on any atom is 0.354 e. The summed E-state index contributed by atoms with van der Waals surface area (Å²) in [7, 11) is 0. The Labute approximate surface area is 158 Å². The number of para-hydroxylation sites is 1. The molecule has 0 aliphatic rings. The van der Waals surface area contributed by atoms with Crippen LogP contribution in [0.5, 0.6) is 5.75 Å². The van der Waals surface area contributed by atoms with E-state index in [0.29, 0.717) is 16.9 Å². The lowest BCUT2D eigenvalue weighted by Gasteiger charge is -2.21. The summed E-state index contributed by atoms with van der Waals surface area (Å²) in [6, 6.07) is 10.0. The van der Waals surface area contributed by atoms with Crippen LogP contribution in [0.3, 0.4) is 0 Å². The zero-order chi connectivity index (χ0) is 19.8. The largest absolute Gasteiger partial charge is 0.490 e. The average molecular weight is 371 g/mol. The van der Waals surface area contributed by atoms with Crippen molar-refractivity contribution in [2.24, 2.45) is 0 Å². The number of carboxylic acids is 2. The predicted octanol–water partition coefficient (Wildman–Crippen LogP) is 4.88. The summed E-state index contributed by atoms with van der Waals surface area (Å²) in [6.45, 7) is 4.24. The molecule has 0 saturated heterocycles. The van der Waals surface area contributed by atoms with Crippen LogP contribution in [-0.4, -0.2) is 33.2 Å². The van der Waals surface area contributed by atoms with Gasteiger partial charge in [0.05, 0.1) is 6.10 Å². The molecule has 0 amide bonds. The second-order valence-corrected chi connectivity index (χ2v) is 6.40. The van der Waals surface area contributed by atoms with Crippen molar-refractivity contribution in [2.45, 2.75) is 52.1 Å². The molecule has 0 fully saturated rings. The Morgan fingerprint density at radius 3 is 2.19 bits per heavy atom. The zero-order valence-electron chi connectivity index (χ0n) is 15.6. The normalized spacial score (nSPS) is 11.8. The Balaban J connectivity index is 2.45. The summed E-state index contributed by atoms with van der Waals surface area (Å²) < 4.78 is 6.23. The molecule has 6 nitrogen and oxygen atoms in total. The van der Waals surface area contributed by atoms with Gasteiger partial charge in [-0.25, -0.2) is 14.6 Å². The minimum Gasteiger partial charge on any atom is -0.490 e. The summed E-state index contributed by atoms with van der Waals surface area (Å²) in [4.78, 5) is 26.4. The standard InChI is InChI=1S/C21H25NO5/c1-3-5-9-15(8-4-2)27-19-11-7-6-10-16(19)14-12-17(20(23)24)22-18(13-14)21(25)26/h6-7,10-13,15H,3-5,8-9H2,1-2H3,(H,23,24)(H,25,26). The van der Waals surface area contributed by atoms with E-state index in [1.165, 1.54) is 12.1 Å². The van der Waals surface area contributed by atoms with Gasteiger partial charge in [0.2, 0.25) is 0 Å². The molecule has 144 valence electrons. The molecule has 0 saturated carbocycles. The lowest BCUT2D eigenvalue weighted by Crippen LogP contribution is -2.16. The zero-order valence-corrected chi connectivity index (χ0v) is 15.6. The van der Waals surface area contributed by atoms with Crippen molar-refractivity contribution in [3.8, 4) is 16.9 Å². The highest BCUT2D eigenvalue weighted by atomic mass is 16.5. The van der Waals surface area contributed by atoms with Gasteiger partial charge in [0.1, 0.15) is 17.1 Å². The molecule has 2 N–H and O–H groups in total. The smallest absolute Gasteiger partial charge is 0.354 e. The second-order valence-electron chi connectivity index (χ2n) is 6.40. The first kappa shape index (κ1) is 20.4. The molecule has 2 rings (SSSR count). The number of aromatic nitrogens is 1. The van der Waals surface area contributed by atoms with Crippen LogP contribution in [0.1, 0.15) is 66.9 Å². The molecule has 1 atom stereocenters. The fraction of sp³-hybridized carbons (Fsp3) is 0.381. The van der Waals surface area contributed by atoms with Gasteiger partial charge in [-0.15, -0.1) is 0 Å². The van der Waals surface area contributed by atoms with Crippen molar-refractivity contribution in [1.82, 2.24) is 4.98 Å². The first-order valence-electron chi connectivity index (χ1n) is 9.21. The van der Waals surface area contributed by atoms with Crippen LogP contribution in [0, 0.1) is 0 Å². The van der Waals surface area contributed by atoms with Crippen LogP contribution in [-0.2, 0) is 0 Å². The van der Waals surface area contributed by atoms with Crippen LogP contribution in [0.4, 0.5) is 0 Å². The van der Waals surface area contributed by atoms with E-state index in [1.54, 1.807) is 6.07 Å². The lowest BCUT2D eigenvalue weighted by atomic mass is 10.0. The van der Waals surface area contributed by atoms with Crippen molar-refractivity contribution >= 4 is 11.9 Å². The van der Waals surface area contributed by atoms with Crippen molar-refractivity contribution in [3.05, 3.63) is 47.8 Å². The molecule has 6 heteroatoms. The SMILES string of the molecule is CCCCC(CCC)Oc1ccccc1-c1cc(C(=O)O)nc(C(=O)O)c1. The van der Waals surface area contributed by atoms with E-state index in [0.717, 1.165) is 32.1 Å². The van der Waals surface area contributed by atoms with Crippen LogP contribution in [0.25, 0.3) is 11.1 Å². The predicted molar refractivity (Wildman–Crippen MR) is 102 cm³/mol. The highest BCUT2D eigenvalue weighted by Gasteiger charge is 2.18. The fourth-order valence-corrected chi connectivity index (χ4v) is 2.91. The minimum absolute atomic E-state index is 0.0656. The topological polar surface area (TPSA) is 96.7 Å². The molecular weight excluding hydrogens is 346 g/mol. The highest BCUT2D eigenvalue weighted by Crippen LogP contribution is 2.32. The molecule has 27 heavy (non-hydrogen) atoms. The third kappa shape index (κ3) is 5.54. The first-order valence-corrected chi connectivity index (χ1v) is 9.21. The van der Waals surface area contributed by atoms with E-state index in [2.05, 4.69) is 18.8 Å². The molecule has 0 aliphatic heterocycles. The Morgan fingerprint density at radius 1 is 1.00 bits per heavy atom.